The fourth-order valence-electron chi connectivity index (χ4n) is 2.30. The van der Waals surface area contributed by atoms with Gasteiger partial charge in [-0.2, -0.15) is 0 Å². The molecule has 0 spiro atoms. The first kappa shape index (κ1) is 12.0. The lowest BCUT2D eigenvalue weighted by molar-refractivity contribution is -0.125. The third-order valence-electron chi connectivity index (χ3n) is 3.21. The Kier molecular flexibility index (Phi) is 3.74. The normalized spacial score (nSPS) is 20.5. The van der Waals surface area contributed by atoms with Crippen LogP contribution in [0.3, 0.4) is 0 Å². The van der Waals surface area contributed by atoms with Gasteiger partial charge < -0.3 is 5.32 Å². The molecule has 1 unspecified atom stereocenters. The predicted octanol–water partition coefficient (Wildman–Crippen LogP) is 1.54. The maximum absolute atomic E-state index is 12.8. The van der Waals surface area contributed by atoms with Gasteiger partial charge in [0.1, 0.15) is 5.82 Å². The number of nitrogens with zero attached hydrogens (tertiary/aromatic N) is 1. The van der Waals surface area contributed by atoms with Gasteiger partial charge >= 0.3 is 0 Å². The Morgan fingerprint density at radius 2 is 2.18 bits per heavy atom. The third-order valence-corrected chi connectivity index (χ3v) is 3.21. The average Bonchev–Trinajstić information content (AvgIpc) is 2.79. The van der Waals surface area contributed by atoms with Crippen molar-refractivity contribution in [3.8, 4) is 0 Å². The van der Waals surface area contributed by atoms with E-state index < -0.39 is 0 Å². The summed E-state index contributed by atoms with van der Waals surface area (Å²) in [4.78, 5) is 13.8. The van der Waals surface area contributed by atoms with Crippen molar-refractivity contribution in [3.63, 3.8) is 0 Å². The maximum atomic E-state index is 12.8. The van der Waals surface area contributed by atoms with Crippen molar-refractivity contribution < 1.29 is 9.18 Å². The lowest BCUT2D eigenvalue weighted by Gasteiger charge is -2.22. The zero-order valence-corrected chi connectivity index (χ0v) is 9.95. The molecule has 1 fully saturated rings. The summed E-state index contributed by atoms with van der Waals surface area (Å²) >= 11 is 0. The second-order valence-corrected chi connectivity index (χ2v) is 4.37. The fourth-order valence-corrected chi connectivity index (χ4v) is 2.30. The largest absolute Gasteiger partial charge is 0.358 e. The molecule has 1 amide bonds. The van der Waals surface area contributed by atoms with Crippen molar-refractivity contribution in [3.05, 3.63) is 35.6 Å². The van der Waals surface area contributed by atoms with Crippen molar-refractivity contribution in [2.45, 2.75) is 25.4 Å². The lowest BCUT2D eigenvalue weighted by Crippen LogP contribution is -2.41. The summed E-state index contributed by atoms with van der Waals surface area (Å²) in [5.41, 5.74) is 1.04. The highest BCUT2D eigenvalue weighted by Crippen LogP contribution is 2.20. The number of rotatable bonds is 3. The predicted molar refractivity (Wildman–Crippen MR) is 63.9 cm³/mol. The standard InChI is InChI=1S/C13H17FN2O/c1-15-13(17)12-3-2-8-16(12)9-10-4-6-11(14)7-5-10/h4-7,12H,2-3,8-9H2,1H3,(H,15,17). The number of amides is 1. The molecule has 1 saturated heterocycles. The van der Waals surface area contributed by atoms with E-state index in [1.54, 1.807) is 19.2 Å². The molecule has 1 heterocycles. The molecule has 0 radical (unpaired) electrons. The first-order valence-electron chi connectivity index (χ1n) is 5.91. The molecule has 1 N–H and O–H groups in total. The van der Waals surface area contributed by atoms with Gasteiger partial charge in [0.15, 0.2) is 0 Å². The molecule has 3 nitrogen and oxygen atoms in total. The number of nitrogens with one attached hydrogen (secondary N) is 1. The number of hydrogen-bond acceptors (Lipinski definition) is 2. The zero-order chi connectivity index (χ0) is 12.3. The molecule has 1 aromatic carbocycles. The molecule has 0 saturated carbocycles. The van der Waals surface area contributed by atoms with Gasteiger partial charge in [-0.1, -0.05) is 12.1 Å². The first-order valence-corrected chi connectivity index (χ1v) is 5.91. The molecule has 1 aliphatic heterocycles. The fraction of sp³-hybridized carbons (Fsp3) is 0.462. The summed E-state index contributed by atoms with van der Waals surface area (Å²) in [5, 5.41) is 2.69. The molecular formula is C13H17FN2O. The first-order chi connectivity index (χ1) is 8.20. The van der Waals surface area contributed by atoms with Crippen molar-refractivity contribution >= 4 is 5.91 Å². The number of likely N-dealkylation sites (N-methyl/N-ethyl adjacent to an activating group) is 1. The summed E-state index contributed by atoms with van der Waals surface area (Å²) in [6.45, 7) is 1.63. The van der Waals surface area contributed by atoms with Crippen LogP contribution >= 0.6 is 0 Å². The summed E-state index contributed by atoms with van der Waals surface area (Å²) < 4.78 is 12.8. The molecule has 0 bridgehead atoms. The van der Waals surface area contributed by atoms with Gasteiger partial charge in [0.2, 0.25) is 5.91 Å². The van der Waals surface area contributed by atoms with Gasteiger partial charge in [-0.15, -0.1) is 0 Å². The van der Waals surface area contributed by atoms with Gasteiger partial charge in [-0.05, 0) is 37.1 Å². The van der Waals surface area contributed by atoms with Crippen molar-refractivity contribution in [1.29, 1.82) is 0 Å². The van der Waals surface area contributed by atoms with E-state index in [1.807, 2.05) is 0 Å². The molecule has 1 aromatic rings. The van der Waals surface area contributed by atoms with Gasteiger partial charge in [-0.3, -0.25) is 9.69 Å². The molecule has 17 heavy (non-hydrogen) atoms. The van der Waals surface area contributed by atoms with Gasteiger partial charge in [-0.25, -0.2) is 4.39 Å². The van der Waals surface area contributed by atoms with Crippen molar-refractivity contribution in [2.24, 2.45) is 0 Å². The van der Waals surface area contributed by atoms with Gasteiger partial charge in [0.05, 0.1) is 6.04 Å². The summed E-state index contributed by atoms with van der Waals surface area (Å²) in [5.74, 6) is -0.150. The SMILES string of the molecule is CNC(=O)C1CCCN1Cc1ccc(F)cc1. The number of carbonyl (C=O) groups is 1. The minimum absolute atomic E-state index is 0.0370. The van der Waals surface area contributed by atoms with Crippen molar-refractivity contribution in [1.82, 2.24) is 10.2 Å². The van der Waals surface area contributed by atoms with E-state index in [-0.39, 0.29) is 17.8 Å². The van der Waals surface area contributed by atoms with Crippen molar-refractivity contribution in [2.75, 3.05) is 13.6 Å². The van der Waals surface area contributed by atoms with Crippen LogP contribution in [0.4, 0.5) is 4.39 Å². The van der Waals surface area contributed by atoms with E-state index in [9.17, 15) is 9.18 Å². The van der Waals surface area contributed by atoms with Crippen LogP contribution in [-0.4, -0.2) is 30.4 Å². The van der Waals surface area contributed by atoms with Crippen LogP contribution in [0.5, 0.6) is 0 Å². The highest BCUT2D eigenvalue weighted by Gasteiger charge is 2.29. The van der Waals surface area contributed by atoms with Crippen LogP contribution in [0.2, 0.25) is 0 Å². The third kappa shape index (κ3) is 2.82. The van der Waals surface area contributed by atoms with E-state index >= 15 is 0 Å². The van der Waals surface area contributed by atoms with E-state index in [2.05, 4.69) is 10.2 Å². The Hall–Kier alpha value is -1.42. The van der Waals surface area contributed by atoms with E-state index in [4.69, 9.17) is 0 Å². The Bertz CT molecular complexity index is 391. The number of likely N-dealkylation sites (tertiary alicyclic amines) is 1. The molecular weight excluding hydrogens is 219 g/mol. The minimum atomic E-state index is -0.224. The molecule has 0 aromatic heterocycles. The second kappa shape index (κ2) is 5.27. The molecule has 1 atom stereocenters. The maximum Gasteiger partial charge on any atom is 0.237 e. The highest BCUT2D eigenvalue weighted by molar-refractivity contribution is 5.81. The van der Waals surface area contributed by atoms with Crippen LogP contribution in [0.15, 0.2) is 24.3 Å². The topological polar surface area (TPSA) is 32.3 Å². The second-order valence-electron chi connectivity index (χ2n) is 4.37. The van der Waals surface area contributed by atoms with E-state index in [0.717, 1.165) is 24.9 Å². The number of benzene rings is 1. The summed E-state index contributed by atoms with van der Waals surface area (Å²) in [6.07, 6.45) is 1.94. The van der Waals surface area contributed by atoms with Crippen LogP contribution in [-0.2, 0) is 11.3 Å². The van der Waals surface area contributed by atoms with Crippen LogP contribution in [0.1, 0.15) is 18.4 Å². The quantitative estimate of drug-likeness (QED) is 0.863. The Balaban J connectivity index is 2.02. The van der Waals surface area contributed by atoms with Gasteiger partial charge in [0, 0.05) is 13.6 Å². The smallest absolute Gasteiger partial charge is 0.237 e. The lowest BCUT2D eigenvalue weighted by atomic mass is 10.1. The molecule has 1 aliphatic rings. The summed E-state index contributed by atoms with van der Waals surface area (Å²) in [7, 11) is 1.66. The Morgan fingerprint density at radius 1 is 1.47 bits per heavy atom. The molecule has 0 aliphatic carbocycles. The van der Waals surface area contributed by atoms with E-state index in [1.165, 1.54) is 12.1 Å². The van der Waals surface area contributed by atoms with Crippen LogP contribution in [0.25, 0.3) is 0 Å². The van der Waals surface area contributed by atoms with Crippen LogP contribution in [0, 0.1) is 5.82 Å². The number of carbonyl (C=O) groups excluding carboxylic acids is 1. The zero-order valence-electron chi connectivity index (χ0n) is 9.95. The number of halogens is 1. The summed E-state index contributed by atoms with van der Waals surface area (Å²) in [6, 6.07) is 6.43. The minimum Gasteiger partial charge on any atom is -0.358 e. The van der Waals surface area contributed by atoms with Crippen LogP contribution < -0.4 is 5.32 Å². The monoisotopic (exact) mass is 236 g/mol. The molecule has 4 heteroatoms. The average molecular weight is 236 g/mol. The molecule has 2 rings (SSSR count). The van der Waals surface area contributed by atoms with Gasteiger partial charge in [0.25, 0.3) is 0 Å². The number of hydrogen-bond donors (Lipinski definition) is 1. The Morgan fingerprint density at radius 3 is 2.82 bits per heavy atom. The molecule has 92 valence electrons. The Labute approximate surface area is 101 Å². The highest BCUT2D eigenvalue weighted by atomic mass is 19.1. The van der Waals surface area contributed by atoms with E-state index in [0.29, 0.717) is 6.54 Å².